The first-order valence-electron chi connectivity index (χ1n) is 8.11. The van der Waals surface area contributed by atoms with Crippen LogP contribution in [0.4, 0.5) is 11.6 Å². The number of azo groups is 1. The molecule has 0 aliphatic rings. The number of rotatable bonds is 3. The van der Waals surface area contributed by atoms with Crippen molar-refractivity contribution >= 4 is 33.4 Å². The van der Waals surface area contributed by atoms with Gasteiger partial charge in [0.1, 0.15) is 22.5 Å². The van der Waals surface area contributed by atoms with Crippen LogP contribution in [-0.4, -0.2) is 11.7 Å². The second-order valence-electron chi connectivity index (χ2n) is 5.94. The van der Waals surface area contributed by atoms with Crippen LogP contribution in [0.3, 0.4) is 0 Å². The van der Waals surface area contributed by atoms with Crippen LogP contribution in [0, 0.1) is 0 Å². The molecule has 0 spiro atoms. The van der Waals surface area contributed by atoms with Gasteiger partial charge in [-0.2, -0.15) is 0 Å². The van der Waals surface area contributed by atoms with E-state index in [1.54, 1.807) is 7.11 Å². The maximum atomic E-state index is 5.44. The third kappa shape index (κ3) is 2.45. The molecule has 4 aromatic rings. The predicted octanol–water partition coefficient (Wildman–Crippen LogP) is 4.58. The van der Waals surface area contributed by atoms with Crippen molar-refractivity contribution in [1.82, 2.24) is 4.57 Å². The second kappa shape index (κ2) is 6.02. The zero-order valence-corrected chi connectivity index (χ0v) is 14.5. The molecule has 124 valence electrons. The molecule has 0 bridgehead atoms. The minimum atomic E-state index is 0.793. The number of benzene rings is 3. The highest BCUT2D eigenvalue weighted by Gasteiger charge is 2.19. The summed E-state index contributed by atoms with van der Waals surface area (Å²) < 4.78 is 9.54. The first kappa shape index (κ1) is 15.3. The second-order valence-corrected chi connectivity index (χ2v) is 5.94. The van der Waals surface area contributed by atoms with Crippen molar-refractivity contribution in [3.05, 3.63) is 60.7 Å². The zero-order valence-electron chi connectivity index (χ0n) is 14.5. The molecule has 0 aliphatic heterocycles. The Labute approximate surface area is 145 Å². The van der Waals surface area contributed by atoms with Crippen LogP contribution < -0.4 is 9.30 Å². The standard InChI is InChI=1S/C20H19N4O/c1-23-17-10-6-7-11-18(17)24(2)20(23)22-21-16-12-13-19(25-3)15-9-5-4-8-14(15)16/h4-13H,1-3H3/q+1. The molecule has 0 saturated heterocycles. The summed E-state index contributed by atoms with van der Waals surface area (Å²) in [4.78, 5) is 0. The Kier molecular flexibility index (Phi) is 3.69. The molecule has 0 fully saturated rings. The fraction of sp³-hybridized carbons (Fsp3) is 0.150. The Morgan fingerprint density at radius 2 is 1.60 bits per heavy atom. The molecule has 0 aliphatic carbocycles. The molecular weight excluding hydrogens is 312 g/mol. The number of fused-ring (bicyclic) bond motifs is 2. The molecule has 0 N–H and O–H groups in total. The van der Waals surface area contributed by atoms with E-state index in [1.165, 1.54) is 0 Å². The summed E-state index contributed by atoms with van der Waals surface area (Å²) in [5, 5.41) is 11.1. The van der Waals surface area contributed by atoms with E-state index >= 15 is 0 Å². The summed E-state index contributed by atoms with van der Waals surface area (Å²) in [5.41, 5.74) is 3.07. The van der Waals surface area contributed by atoms with Gasteiger partial charge in [0, 0.05) is 15.9 Å². The lowest BCUT2D eigenvalue weighted by Gasteiger charge is -2.05. The van der Waals surface area contributed by atoms with E-state index in [-0.39, 0.29) is 0 Å². The van der Waals surface area contributed by atoms with Crippen molar-refractivity contribution in [2.75, 3.05) is 7.11 Å². The van der Waals surface area contributed by atoms with Crippen molar-refractivity contribution in [2.45, 2.75) is 0 Å². The largest absolute Gasteiger partial charge is 0.496 e. The molecule has 0 radical (unpaired) electrons. The van der Waals surface area contributed by atoms with Crippen LogP contribution in [0.5, 0.6) is 5.75 Å². The maximum Gasteiger partial charge on any atom is 0.422 e. The predicted molar refractivity (Wildman–Crippen MR) is 98.8 cm³/mol. The first-order chi connectivity index (χ1) is 12.2. The van der Waals surface area contributed by atoms with Crippen LogP contribution in [0.2, 0.25) is 0 Å². The van der Waals surface area contributed by atoms with Gasteiger partial charge in [-0.05, 0) is 24.3 Å². The third-order valence-electron chi connectivity index (χ3n) is 4.53. The number of nitrogens with zero attached hydrogens (tertiary/aromatic N) is 4. The highest BCUT2D eigenvalue weighted by Crippen LogP contribution is 2.33. The third-order valence-corrected chi connectivity index (χ3v) is 4.53. The molecule has 0 saturated carbocycles. The van der Waals surface area contributed by atoms with Gasteiger partial charge in [0.05, 0.1) is 21.2 Å². The fourth-order valence-electron chi connectivity index (χ4n) is 3.23. The minimum absolute atomic E-state index is 0.793. The smallest absolute Gasteiger partial charge is 0.422 e. The van der Waals surface area contributed by atoms with E-state index in [0.29, 0.717) is 0 Å². The number of aryl methyl sites for hydroxylation is 2. The molecular formula is C20H19N4O+. The van der Waals surface area contributed by atoms with Crippen molar-refractivity contribution in [2.24, 2.45) is 24.3 Å². The number of imidazole rings is 1. The molecule has 1 aromatic heterocycles. The lowest BCUT2D eigenvalue weighted by molar-refractivity contribution is -0.632. The van der Waals surface area contributed by atoms with Gasteiger partial charge >= 0.3 is 5.95 Å². The highest BCUT2D eigenvalue weighted by atomic mass is 16.5. The summed E-state index contributed by atoms with van der Waals surface area (Å²) >= 11 is 0. The summed E-state index contributed by atoms with van der Waals surface area (Å²) in [6.45, 7) is 0. The summed E-state index contributed by atoms with van der Waals surface area (Å²) in [7, 11) is 5.68. The van der Waals surface area contributed by atoms with Gasteiger partial charge in [-0.15, -0.1) is 0 Å². The van der Waals surface area contributed by atoms with Crippen molar-refractivity contribution in [1.29, 1.82) is 0 Å². The van der Waals surface area contributed by atoms with E-state index in [4.69, 9.17) is 4.74 Å². The highest BCUT2D eigenvalue weighted by molar-refractivity contribution is 5.96. The number of aromatic nitrogens is 2. The van der Waals surface area contributed by atoms with Crippen LogP contribution >= 0.6 is 0 Å². The monoisotopic (exact) mass is 331 g/mol. The normalized spacial score (nSPS) is 11.6. The number of hydrogen-bond donors (Lipinski definition) is 0. The van der Waals surface area contributed by atoms with Crippen molar-refractivity contribution in [3.63, 3.8) is 0 Å². The molecule has 4 rings (SSSR count). The average Bonchev–Trinajstić information content (AvgIpc) is 2.91. The first-order valence-corrected chi connectivity index (χ1v) is 8.11. The Bertz CT molecular complexity index is 1070. The van der Waals surface area contributed by atoms with Gasteiger partial charge in [-0.1, -0.05) is 41.5 Å². The fourth-order valence-corrected chi connectivity index (χ4v) is 3.23. The van der Waals surface area contributed by atoms with Gasteiger partial charge in [-0.25, -0.2) is 9.13 Å². The molecule has 0 amide bonds. The van der Waals surface area contributed by atoms with Crippen molar-refractivity contribution < 1.29 is 9.30 Å². The summed E-state index contributed by atoms with van der Waals surface area (Å²) in [5.74, 6) is 1.63. The van der Waals surface area contributed by atoms with Gasteiger partial charge in [0.2, 0.25) is 0 Å². The Morgan fingerprint density at radius 3 is 2.36 bits per heavy atom. The lowest BCUT2D eigenvalue weighted by atomic mass is 10.1. The maximum absolute atomic E-state index is 5.44. The number of ether oxygens (including phenoxy) is 1. The van der Waals surface area contributed by atoms with Crippen LogP contribution in [-0.2, 0) is 14.1 Å². The minimum Gasteiger partial charge on any atom is -0.496 e. The van der Waals surface area contributed by atoms with E-state index in [2.05, 4.69) is 22.4 Å². The quantitative estimate of drug-likeness (QED) is 0.400. The van der Waals surface area contributed by atoms with E-state index < -0.39 is 0 Å². The van der Waals surface area contributed by atoms with Crippen molar-refractivity contribution in [3.8, 4) is 5.75 Å². The summed E-state index contributed by atoms with van der Waals surface area (Å²) in [6.07, 6.45) is 0. The lowest BCUT2D eigenvalue weighted by Crippen LogP contribution is -2.26. The number of methoxy groups -OCH3 is 1. The molecule has 25 heavy (non-hydrogen) atoms. The molecule has 5 heteroatoms. The topological polar surface area (TPSA) is 42.8 Å². The molecule has 0 unspecified atom stereocenters. The number of hydrogen-bond acceptors (Lipinski definition) is 3. The molecule has 3 aromatic carbocycles. The van der Waals surface area contributed by atoms with Crippen LogP contribution in [0.25, 0.3) is 21.8 Å². The van der Waals surface area contributed by atoms with Gasteiger partial charge in [0.25, 0.3) is 0 Å². The average molecular weight is 331 g/mol. The number of para-hydroxylation sites is 2. The Hall–Kier alpha value is -3.21. The molecule has 5 nitrogen and oxygen atoms in total. The van der Waals surface area contributed by atoms with Crippen LogP contribution in [0.1, 0.15) is 0 Å². The Balaban J connectivity index is 1.85. The van der Waals surface area contributed by atoms with E-state index in [1.807, 2.05) is 71.8 Å². The van der Waals surface area contributed by atoms with Gasteiger partial charge in [-0.3, -0.25) is 0 Å². The zero-order chi connectivity index (χ0) is 17.4. The summed E-state index contributed by atoms with van der Waals surface area (Å²) in [6, 6.07) is 20.1. The van der Waals surface area contributed by atoms with E-state index in [0.717, 1.165) is 39.2 Å². The molecule has 0 atom stereocenters. The Morgan fingerprint density at radius 1 is 0.880 bits per heavy atom. The SMILES string of the molecule is COc1ccc(N=Nc2n(C)c3ccccc3[n+]2C)c2ccccc12. The van der Waals surface area contributed by atoms with Gasteiger partial charge < -0.3 is 4.74 Å². The van der Waals surface area contributed by atoms with Gasteiger partial charge in [0.15, 0.2) is 0 Å². The van der Waals surface area contributed by atoms with Crippen LogP contribution in [0.15, 0.2) is 70.9 Å². The van der Waals surface area contributed by atoms with E-state index in [9.17, 15) is 0 Å². The molecule has 1 heterocycles.